The molecule has 0 atom stereocenters. The molecule has 1 aromatic heterocycles. The fraction of sp³-hybridized carbons (Fsp3) is 0.300. The summed E-state index contributed by atoms with van der Waals surface area (Å²) in [5.74, 6) is 1.29. The van der Waals surface area contributed by atoms with Crippen molar-refractivity contribution in [1.29, 1.82) is 0 Å². The Labute approximate surface area is 158 Å². The highest BCUT2D eigenvalue weighted by Gasteiger charge is 2.35. The summed E-state index contributed by atoms with van der Waals surface area (Å²) in [6, 6.07) is 11.0. The van der Waals surface area contributed by atoms with Crippen molar-refractivity contribution in [3.63, 3.8) is 0 Å². The third kappa shape index (κ3) is 3.60. The number of hydrogen-bond acceptors (Lipinski definition) is 6. The van der Waals surface area contributed by atoms with Crippen LogP contribution in [0.3, 0.4) is 0 Å². The van der Waals surface area contributed by atoms with Crippen LogP contribution in [0.1, 0.15) is 18.4 Å². The van der Waals surface area contributed by atoms with E-state index in [1.54, 1.807) is 32.5 Å². The van der Waals surface area contributed by atoms with Gasteiger partial charge in [0.2, 0.25) is 0 Å². The summed E-state index contributed by atoms with van der Waals surface area (Å²) in [4.78, 5) is 9.12. The van der Waals surface area contributed by atoms with Crippen molar-refractivity contribution in [2.24, 2.45) is 0 Å². The summed E-state index contributed by atoms with van der Waals surface area (Å²) >= 11 is 0. The van der Waals surface area contributed by atoms with Gasteiger partial charge in [0.05, 0.1) is 48.1 Å². The molecule has 0 saturated heterocycles. The van der Waals surface area contributed by atoms with Crippen LogP contribution in [0.2, 0.25) is 0 Å². The minimum atomic E-state index is -3.01. The molecule has 4 rings (SSSR count). The number of benzene rings is 2. The van der Waals surface area contributed by atoms with Crippen LogP contribution in [0.25, 0.3) is 22.3 Å². The highest BCUT2D eigenvalue weighted by Crippen LogP contribution is 2.32. The normalized spacial score (nSPS) is 14.3. The molecule has 27 heavy (non-hydrogen) atoms. The quantitative estimate of drug-likeness (QED) is 0.648. The molecule has 0 bridgehead atoms. The number of fused-ring (bicyclic) bond motifs is 1. The van der Waals surface area contributed by atoms with Crippen molar-refractivity contribution in [3.8, 4) is 22.8 Å². The molecule has 7 heteroatoms. The summed E-state index contributed by atoms with van der Waals surface area (Å²) in [7, 11) is 0.144. The van der Waals surface area contributed by atoms with Gasteiger partial charge >= 0.3 is 0 Å². The molecule has 0 aliphatic heterocycles. The number of hydrogen-bond donors (Lipinski definition) is 0. The Kier molecular flexibility index (Phi) is 4.47. The fourth-order valence-corrected chi connectivity index (χ4v) is 4.78. The zero-order valence-corrected chi connectivity index (χ0v) is 16.0. The summed E-state index contributed by atoms with van der Waals surface area (Å²) in [5, 5.41) is -0.143. The first-order valence-corrected chi connectivity index (χ1v) is 10.4. The SMILES string of the molecule is COc1cc2ncc(-c3ccc(CS(=O)(=O)C4CC4)cc3)nc2cc1OC. The van der Waals surface area contributed by atoms with E-state index in [2.05, 4.69) is 9.97 Å². The molecule has 0 amide bonds. The number of sulfone groups is 1. The van der Waals surface area contributed by atoms with Crippen LogP contribution in [0.5, 0.6) is 11.5 Å². The number of methoxy groups -OCH3 is 2. The molecule has 0 spiro atoms. The largest absolute Gasteiger partial charge is 0.493 e. The van der Waals surface area contributed by atoms with Gasteiger partial charge in [-0.05, 0) is 18.4 Å². The topological polar surface area (TPSA) is 78.4 Å². The van der Waals surface area contributed by atoms with Crippen LogP contribution in [-0.4, -0.2) is 37.9 Å². The van der Waals surface area contributed by atoms with E-state index >= 15 is 0 Å². The first-order valence-electron chi connectivity index (χ1n) is 8.70. The molecule has 1 heterocycles. The maximum atomic E-state index is 12.1. The highest BCUT2D eigenvalue weighted by atomic mass is 32.2. The van der Waals surface area contributed by atoms with Crippen molar-refractivity contribution in [3.05, 3.63) is 48.2 Å². The van der Waals surface area contributed by atoms with Crippen LogP contribution in [0.4, 0.5) is 0 Å². The van der Waals surface area contributed by atoms with E-state index in [4.69, 9.17) is 9.47 Å². The molecule has 6 nitrogen and oxygen atoms in total. The van der Waals surface area contributed by atoms with E-state index in [1.165, 1.54) is 0 Å². The third-order valence-electron chi connectivity index (χ3n) is 4.70. The Hall–Kier alpha value is -2.67. The lowest BCUT2D eigenvalue weighted by molar-refractivity contribution is 0.355. The van der Waals surface area contributed by atoms with Crippen molar-refractivity contribution >= 4 is 20.9 Å². The first kappa shape index (κ1) is 17.7. The van der Waals surface area contributed by atoms with Crippen LogP contribution >= 0.6 is 0 Å². The molecular formula is C20H20N2O4S. The van der Waals surface area contributed by atoms with Gasteiger partial charge in [0.15, 0.2) is 21.3 Å². The standard InChI is InChI=1S/C20H20N2O4S/c1-25-19-9-16-17(10-20(19)26-2)22-18(11-21-16)14-5-3-13(4-6-14)12-27(23,24)15-7-8-15/h3-6,9-11,15H,7-8,12H2,1-2H3. The van der Waals surface area contributed by atoms with Gasteiger partial charge in [0, 0.05) is 17.7 Å². The second-order valence-corrected chi connectivity index (χ2v) is 8.94. The minimum Gasteiger partial charge on any atom is -0.493 e. The maximum absolute atomic E-state index is 12.1. The van der Waals surface area contributed by atoms with Gasteiger partial charge in [-0.15, -0.1) is 0 Å². The first-order chi connectivity index (χ1) is 13.0. The van der Waals surface area contributed by atoms with E-state index in [0.717, 1.165) is 24.0 Å². The monoisotopic (exact) mass is 384 g/mol. The number of rotatable bonds is 6. The second kappa shape index (κ2) is 6.81. The molecule has 1 saturated carbocycles. The van der Waals surface area contributed by atoms with Crippen molar-refractivity contribution < 1.29 is 17.9 Å². The van der Waals surface area contributed by atoms with Crippen LogP contribution in [-0.2, 0) is 15.6 Å². The molecule has 0 radical (unpaired) electrons. The van der Waals surface area contributed by atoms with Crippen LogP contribution in [0, 0.1) is 0 Å². The van der Waals surface area contributed by atoms with Gasteiger partial charge in [-0.1, -0.05) is 24.3 Å². The molecule has 3 aromatic rings. The van der Waals surface area contributed by atoms with E-state index in [1.807, 2.05) is 24.3 Å². The van der Waals surface area contributed by atoms with E-state index in [0.29, 0.717) is 28.2 Å². The lowest BCUT2D eigenvalue weighted by atomic mass is 10.1. The average molecular weight is 384 g/mol. The molecule has 2 aromatic carbocycles. The van der Waals surface area contributed by atoms with Crippen molar-refractivity contribution in [2.45, 2.75) is 23.8 Å². The Morgan fingerprint density at radius 3 is 2.22 bits per heavy atom. The molecule has 1 fully saturated rings. The lowest BCUT2D eigenvalue weighted by Crippen LogP contribution is -2.09. The number of nitrogens with zero attached hydrogens (tertiary/aromatic N) is 2. The summed E-state index contributed by atoms with van der Waals surface area (Å²) in [6.45, 7) is 0. The number of ether oxygens (including phenoxy) is 2. The molecular weight excluding hydrogens is 364 g/mol. The minimum absolute atomic E-state index is 0.0956. The van der Waals surface area contributed by atoms with Crippen molar-refractivity contribution in [2.75, 3.05) is 14.2 Å². The van der Waals surface area contributed by atoms with Gasteiger partial charge in [-0.25, -0.2) is 13.4 Å². The highest BCUT2D eigenvalue weighted by molar-refractivity contribution is 7.91. The van der Waals surface area contributed by atoms with Crippen LogP contribution < -0.4 is 9.47 Å². The average Bonchev–Trinajstić information content (AvgIpc) is 3.52. The van der Waals surface area contributed by atoms with E-state index < -0.39 is 9.84 Å². The van der Waals surface area contributed by atoms with Crippen molar-refractivity contribution in [1.82, 2.24) is 9.97 Å². The Balaban J connectivity index is 1.63. The lowest BCUT2D eigenvalue weighted by Gasteiger charge is -2.09. The van der Waals surface area contributed by atoms with Gasteiger partial charge in [0.25, 0.3) is 0 Å². The van der Waals surface area contributed by atoms with Gasteiger partial charge in [-0.2, -0.15) is 0 Å². The molecule has 0 N–H and O–H groups in total. The fourth-order valence-electron chi connectivity index (χ4n) is 3.03. The zero-order valence-electron chi connectivity index (χ0n) is 15.2. The van der Waals surface area contributed by atoms with Gasteiger partial charge < -0.3 is 9.47 Å². The second-order valence-electron chi connectivity index (χ2n) is 6.65. The predicted molar refractivity (Wildman–Crippen MR) is 104 cm³/mol. The molecule has 1 aliphatic carbocycles. The smallest absolute Gasteiger partial charge is 0.163 e. The Morgan fingerprint density at radius 1 is 1.00 bits per heavy atom. The summed E-state index contributed by atoms with van der Waals surface area (Å²) < 4.78 is 34.9. The summed E-state index contributed by atoms with van der Waals surface area (Å²) in [6.07, 6.45) is 3.28. The number of aromatic nitrogens is 2. The van der Waals surface area contributed by atoms with E-state index in [9.17, 15) is 8.42 Å². The van der Waals surface area contributed by atoms with Crippen LogP contribution in [0.15, 0.2) is 42.6 Å². The predicted octanol–water partition coefficient (Wildman–Crippen LogP) is 3.39. The summed E-state index contributed by atoms with van der Waals surface area (Å²) in [5.41, 5.74) is 3.80. The van der Waals surface area contributed by atoms with E-state index in [-0.39, 0.29) is 11.0 Å². The Morgan fingerprint density at radius 2 is 1.63 bits per heavy atom. The maximum Gasteiger partial charge on any atom is 0.163 e. The van der Waals surface area contributed by atoms with Gasteiger partial charge in [-0.3, -0.25) is 4.98 Å². The zero-order chi connectivity index (χ0) is 19.0. The van der Waals surface area contributed by atoms with Gasteiger partial charge in [0.1, 0.15) is 0 Å². The Bertz CT molecular complexity index is 1090. The molecule has 1 aliphatic rings. The molecule has 140 valence electrons. The molecule has 0 unspecified atom stereocenters. The third-order valence-corrected chi connectivity index (χ3v) is 6.92.